The number of hydrogen-bond acceptors (Lipinski definition) is 4. The third-order valence-corrected chi connectivity index (χ3v) is 4.11. The molecule has 130 valence electrons. The van der Waals surface area contributed by atoms with Crippen LogP contribution in [0.4, 0.5) is 10.5 Å². The maximum Gasteiger partial charge on any atom is 0.321 e. The van der Waals surface area contributed by atoms with Gasteiger partial charge in [-0.2, -0.15) is 0 Å². The van der Waals surface area contributed by atoms with E-state index in [4.69, 9.17) is 9.47 Å². The standard InChI is InChI=1S/C17H23N3O4/c1-12(21)18-14-4-2-7-20(11-14)17(22)19-13-5-6-15-16(10-13)24-9-3-8-23-15/h5-6,10,14H,2-4,7-9,11H2,1H3,(H,18,21)(H,19,22). The van der Waals surface area contributed by atoms with Crippen molar-refractivity contribution in [1.82, 2.24) is 10.2 Å². The number of carbonyl (C=O) groups excluding carboxylic acids is 2. The Labute approximate surface area is 141 Å². The molecule has 3 rings (SSSR count). The molecule has 1 aromatic carbocycles. The minimum absolute atomic E-state index is 0.0192. The molecular formula is C17H23N3O4. The molecule has 0 spiro atoms. The average Bonchev–Trinajstić information content (AvgIpc) is 2.79. The van der Waals surface area contributed by atoms with Gasteiger partial charge < -0.3 is 25.0 Å². The van der Waals surface area contributed by atoms with Gasteiger partial charge in [0.25, 0.3) is 0 Å². The van der Waals surface area contributed by atoms with Crippen LogP contribution >= 0.6 is 0 Å². The number of likely N-dealkylation sites (tertiary alicyclic amines) is 1. The summed E-state index contributed by atoms with van der Waals surface area (Å²) in [4.78, 5) is 25.4. The molecule has 2 heterocycles. The predicted octanol–water partition coefficient (Wildman–Crippen LogP) is 1.98. The molecule has 1 unspecified atom stereocenters. The predicted molar refractivity (Wildman–Crippen MR) is 89.5 cm³/mol. The first-order valence-corrected chi connectivity index (χ1v) is 8.34. The van der Waals surface area contributed by atoms with Crippen LogP contribution in [0, 0.1) is 0 Å². The summed E-state index contributed by atoms with van der Waals surface area (Å²) < 4.78 is 11.2. The lowest BCUT2D eigenvalue weighted by molar-refractivity contribution is -0.119. The molecular weight excluding hydrogens is 310 g/mol. The van der Waals surface area contributed by atoms with Gasteiger partial charge in [-0.1, -0.05) is 0 Å². The Balaban J connectivity index is 1.62. The summed E-state index contributed by atoms with van der Waals surface area (Å²) in [5.74, 6) is 1.29. The fraction of sp³-hybridized carbons (Fsp3) is 0.529. The Morgan fingerprint density at radius 1 is 1.17 bits per heavy atom. The Morgan fingerprint density at radius 2 is 1.96 bits per heavy atom. The molecule has 0 saturated carbocycles. The van der Waals surface area contributed by atoms with Crippen LogP contribution in [0.2, 0.25) is 0 Å². The van der Waals surface area contributed by atoms with Gasteiger partial charge >= 0.3 is 6.03 Å². The topological polar surface area (TPSA) is 79.9 Å². The highest BCUT2D eigenvalue weighted by Gasteiger charge is 2.24. The third-order valence-electron chi connectivity index (χ3n) is 4.11. The fourth-order valence-corrected chi connectivity index (χ4v) is 3.01. The van der Waals surface area contributed by atoms with Gasteiger partial charge in [0.05, 0.1) is 13.2 Å². The summed E-state index contributed by atoms with van der Waals surface area (Å²) >= 11 is 0. The zero-order chi connectivity index (χ0) is 16.9. The minimum Gasteiger partial charge on any atom is -0.490 e. The maximum atomic E-state index is 12.5. The average molecular weight is 333 g/mol. The number of anilines is 1. The number of hydrogen-bond donors (Lipinski definition) is 2. The van der Waals surface area contributed by atoms with Crippen molar-refractivity contribution in [1.29, 1.82) is 0 Å². The van der Waals surface area contributed by atoms with Crippen LogP contribution in [0.3, 0.4) is 0 Å². The second kappa shape index (κ2) is 7.42. The van der Waals surface area contributed by atoms with Gasteiger partial charge in [0.1, 0.15) is 0 Å². The molecule has 2 aliphatic heterocycles. The number of rotatable bonds is 2. The van der Waals surface area contributed by atoms with E-state index in [2.05, 4.69) is 10.6 Å². The molecule has 0 bridgehead atoms. The summed E-state index contributed by atoms with van der Waals surface area (Å²) in [6.07, 6.45) is 2.61. The number of piperidine rings is 1. The summed E-state index contributed by atoms with van der Waals surface area (Å²) in [5.41, 5.74) is 0.672. The van der Waals surface area contributed by atoms with Crippen LogP contribution in [-0.4, -0.2) is 49.2 Å². The van der Waals surface area contributed by atoms with Crippen LogP contribution < -0.4 is 20.1 Å². The number of amides is 3. The molecule has 1 saturated heterocycles. The van der Waals surface area contributed by atoms with Gasteiger partial charge in [-0.15, -0.1) is 0 Å². The molecule has 2 N–H and O–H groups in total. The van der Waals surface area contributed by atoms with Crippen molar-refractivity contribution in [2.24, 2.45) is 0 Å². The normalized spacial score (nSPS) is 20.0. The summed E-state index contributed by atoms with van der Waals surface area (Å²) in [6, 6.07) is 5.26. The van der Waals surface area contributed by atoms with E-state index in [9.17, 15) is 9.59 Å². The van der Waals surface area contributed by atoms with E-state index in [1.807, 2.05) is 6.07 Å². The number of ether oxygens (including phenoxy) is 2. The first-order chi connectivity index (χ1) is 11.6. The lowest BCUT2D eigenvalue weighted by Crippen LogP contribution is -2.50. The molecule has 1 fully saturated rings. The first kappa shape index (κ1) is 16.4. The molecule has 24 heavy (non-hydrogen) atoms. The number of urea groups is 1. The van der Waals surface area contributed by atoms with Crippen molar-refractivity contribution in [3.05, 3.63) is 18.2 Å². The Morgan fingerprint density at radius 3 is 2.75 bits per heavy atom. The second-order valence-corrected chi connectivity index (χ2v) is 6.13. The van der Waals surface area contributed by atoms with E-state index >= 15 is 0 Å². The number of benzene rings is 1. The van der Waals surface area contributed by atoms with Crippen molar-refractivity contribution in [2.45, 2.75) is 32.2 Å². The van der Waals surface area contributed by atoms with E-state index in [0.29, 0.717) is 43.5 Å². The molecule has 3 amide bonds. The molecule has 0 aliphatic carbocycles. The van der Waals surface area contributed by atoms with Crippen molar-refractivity contribution in [2.75, 3.05) is 31.6 Å². The smallest absolute Gasteiger partial charge is 0.321 e. The van der Waals surface area contributed by atoms with Crippen LogP contribution in [0.5, 0.6) is 11.5 Å². The number of nitrogens with zero attached hydrogens (tertiary/aromatic N) is 1. The molecule has 0 radical (unpaired) electrons. The molecule has 0 aromatic heterocycles. The Bertz CT molecular complexity index is 620. The lowest BCUT2D eigenvalue weighted by atomic mass is 10.1. The van der Waals surface area contributed by atoms with E-state index in [-0.39, 0.29) is 18.0 Å². The first-order valence-electron chi connectivity index (χ1n) is 8.34. The van der Waals surface area contributed by atoms with Gasteiger partial charge in [0, 0.05) is 44.2 Å². The lowest BCUT2D eigenvalue weighted by Gasteiger charge is -2.33. The third kappa shape index (κ3) is 4.10. The molecule has 2 aliphatic rings. The van der Waals surface area contributed by atoms with E-state index in [1.165, 1.54) is 6.92 Å². The maximum absolute atomic E-state index is 12.5. The van der Waals surface area contributed by atoms with Gasteiger partial charge in [0.2, 0.25) is 5.91 Å². The van der Waals surface area contributed by atoms with Crippen molar-refractivity contribution in [3.63, 3.8) is 0 Å². The van der Waals surface area contributed by atoms with E-state index < -0.39 is 0 Å². The Hall–Kier alpha value is -2.44. The zero-order valence-electron chi connectivity index (χ0n) is 13.8. The van der Waals surface area contributed by atoms with Crippen molar-refractivity contribution >= 4 is 17.6 Å². The highest BCUT2D eigenvalue weighted by molar-refractivity contribution is 5.90. The Kier molecular flexibility index (Phi) is 5.08. The number of nitrogens with one attached hydrogen (secondary N) is 2. The summed E-state index contributed by atoms with van der Waals surface area (Å²) in [5, 5.41) is 5.78. The minimum atomic E-state index is -0.167. The van der Waals surface area contributed by atoms with E-state index in [1.54, 1.807) is 17.0 Å². The number of fused-ring (bicyclic) bond motifs is 1. The van der Waals surface area contributed by atoms with Crippen LogP contribution in [-0.2, 0) is 4.79 Å². The highest BCUT2D eigenvalue weighted by atomic mass is 16.5. The second-order valence-electron chi connectivity index (χ2n) is 6.13. The fourth-order valence-electron chi connectivity index (χ4n) is 3.01. The van der Waals surface area contributed by atoms with Crippen LogP contribution in [0.25, 0.3) is 0 Å². The molecule has 1 atom stereocenters. The molecule has 7 heteroatoms. The SMILES string of the molecule is CC(=O)NC1CCCN(C(=O)Nc2ccc3c(c2)OCCCO3)C1. The summed E-state index contributed by atoms with van der Waals surface area (Å²) in [7, 11) is 0. The van der Waals surface area contributed by atoms with E-state index in [0.717, 1.165) is 19.3 Å². The van der Waals surface area contributed by atoms with Gasteiger partial charge in [0.15, 0.2) is 11.5 Å². The monoisotopic (exact) mass is 333 g/mol. The number of carbonyl (C=O) groups is 2. The van der Waals surface area contributed by atoms with Gasteiger partial charge in [-0.3, -0.25) is 4.79 Å². The highest BCUT2D eigenvalue weighted by Crippen LogP contribution is 2.32. The molecule has 7 nitrogen and oxygen atoms in total. The summed E-state index contributed by atoms with van der Waals surface area (Å²) in [6.45, 7) is 3.95. The van der Waals surface area contributed by atoms with Crippen LogP contribution in [0.15, 0.2) is 18.2 Å². The zero-order valence-corrected chi connectivity index (χ0v) is 13.8. The molecule has 1 aromatic rings. The van der Waals surface area contributed by atoms with Gasteiger partial charge in [-0.05, 0) is 25.0 Å². The van der Waals surface area contributed by atoms with Crippen LogP contribution in [0.1, 0.15) is 26.2 Å². The quantitative estimate of drug-likeness (QED) is 0.867. The van der Waals surface area contributed by atoms with Crippen molar-refractivity contribution in [3.8, 4) is 11.5 Å². The van der Waals surface area contributed by atoms with Crippen molar-refractivity contribution < 1.29 is 19.1 Å². The van der Waals surface area contributed by atoms with Gasteiger partial charge in [-0.25, -0.2) is 4.79 Å². The largest absolute Gasteiger partial charge is 0.490 e.